The van der Waals surface area contributed by atoms with Gasteiger partial charge in [-0.2, -0.15) is 10.4 Å². The highest BCUT2D eigenvalue weighted by atomic mass is 32.1. The van der Waals surface area contributed by atoms with Gasteiger partial charge in [0.25, 0.3) is 6.43 Å². The Hall–Kier alpha value is -2.07. The molecule has 7 heteroatoms. The number of alkyl halides is 2. The van der Waals surface area contributed by atoms with Crippen molar-refractivity contribution in [3.63, 3.8) is 0 Å². The SMILES string of the molecule is Cc1c(-c2cc(C(F)F)nc([S-])c2C#N)cnn1C. The van der Waals surface area contributed by atoms with E-state index in [0.717, 1.165) is 5.69 Å². The van der Waals surface area contributed by atoms with Gasteiger partial charge >= 0.3 is 0 Å². The molecule has 4 nitrogen and oxygen atoms in total. The van der Waals surface area contributed by atoms with Crippen LogP contribution in [0.2, 0.25) is 0 Å². The highest BCUT2D eigenvalue weighted by Crippen LogP contribution is 2.31. The lowest BCUT2D eigenvalue weighted by Crippen LogP contribution is -1.99. The van der Waals surface area contributed by atoms with E-state index in [2.05, 4.69) is 10.1 Å². The Morgan fingerprint density at radius 2 is 2.11 bits per heavy atom. The molecule has 0 atom stereocenters. The highest BCUT2D eigenvalue weighted by Gasteiger charge is 2.17. The van der Waals surface area contributed by atoms with E-state index >= 15 is 0 Å². The summed E-state index contributed by atoms with van der Waals surface area (Å²) in [4.78, 5) is 3.58. The van der Waals surface area contributed by atoms with Crippen LogP contribution in [0.1, 0.15) is 23.4 Å². The monoisotopic (exact) mass is 279 g/mol. The Labute approximate surface area is 114 Å². The molecule has 0 radical (unpaired) electrons. The quantitative estimate of drug-likeness (QED) is 0.793. The van der Waals surface area contributed by atoms with E-state index in [9.17, 15) is 8.78 Å². The zero-order valence-corrected chi connectivity index (χ0v) is 11.0. The van der Waals surface area contributed by atoms with Crippen molar-refractivity contribution in [1.82, 2.24) is 14.8 Å². The molecule has 19 heavy (non-hydrogen) atoms. The van der Waals surface area contributed by atoms with E-state index in [1.54, 1.807) is 18.7 Å². The Morgan fingerprint density at radius 1 is 1.42 bits per heavy atom. The van der Waals surface area contributed by atoms with Crippen molar-refractivity contribution in [2.45, 2.75) is 18.4 Å². The van der Waals surface area contributed by atoms with Crippen LogP contribution in [0.4, 0.5) is 8.78 Å². The van der Waals surface area contributed by atoms with Gasteiger partial charge in [-0.05, 0) is 13.0 Å². The van der Waals surface area contributed by atoms with E-state index in [1.807, 2.05) is 6.07 Å². The zero-order valence-electron chi connectivity index (χ0n) is 10.2. The van der Waals surface area contributed by atoms with E-state index in [0.29, 0.717) is 11.1 Å². The number of nitrogens with zero attached hydrogens (tertiary/aromatic N) is 4. The minimum absolute atomic E-state index is 0.112. The minimum Gasteiger partial charge on any atom is -0.759 e. The molecule has 0 aromatic carbocycles. The van der Waals surface area contributed by atoms with Crippen molar-refractivity contribution >= 4 is 12.6 Å². The summed E-state index contributed by atoms with van der Waals surface area (Å²) < 4.78 is 27.1. The van der Waals surface area contributed by atoms with E-state index in [-0.39, 0.29) is 10.6 Å². The van der Waals surface area contributed by atoms with Crippen molar-refractivity contribution in [3.05, 3.63) is 29.2 Å². The molecule has 2 aromatic heterocycles. The van der Waals surface area contributed by atoms with Gasteiger partial charge in [-0.25, -0.2) is 8.78 Å². The maximum atomic E-state index is 12.8. The summed E-state index contributed by atoms with van der Waals surface area (Å²) in [6, 6.07) is 3.11. The highest BCUT2D eigenvalue weighted by molar-refractivity contribution is 7.58. The molecule has 2 aromatic rings. The van der Waals surface area contributed by atoms with Crippen molar-refractivity contribution < 1.29 is 8.78 Å². The second-order valence-corrected chi connectivity index (χ2v) is 4.34. The summed E-state index contributed by atoms with van der Waals surface area (Å²) in [6.07, 6.45) is -1.21. The van der Waals surface area contributed by atoms with Gasteiger partial charge in [-0.15, -0.1) is 0 Å². The third-order valence-corrected chi connectivity index (χ3v) is 3.16. The number of aromatic nitrogens is 3. The third kappa shape index (κ3) is 2.27. The second kappa shape index (κ2) is 4.90. The molecule has 0 aliphatic heterocycles. The standard InChI is InChI=1S/C12H10F2N4S/c1-6-9(5-16-18(6)2)7-3-10(11(13)14)17-12(19)8(7)4-15/h3,5,11H,1-2H3,(H,17,19)/p-1. The predicted octanol–water partition coefficient (Wildman–Crippen LogP) is 2.51. The normalized spacial score (nSPS) is 10.7. The molecule has 0 aliphatic carbocycles. The first kappa shape index (κ1) is 13.4. The van der Waals surface area contributed by atoms with Crippen LogP contribution in [-0.2, 0) is 19.7 Å². The topological polar surface area (TPSA) is 54.5 Å². The van der Waals surface area contributed by atoms with Gasteiger partial charge < -0.3 is 12.6 Å². The number of rotatable bonds is 2. The first-order valence-electron chi connectivity index (χ1n) is 5.35. The van der Waals surface area contributed by atoms with Crippen LogP contribution in [-0.4, -0.2) is 14.8 Å². The van der Waals surface area contributed by atoms with Crippen molar-refractivity contribution in [1.29, 1.82) is 5.26 Å². The Kier molecular flexibility index (Phi) is 3.44. The Morgan fingerprint density at radius 3 is 2.58 bits per heavy atom. The summed E-state index contributed by atoms with van der Waals surface area (Å²) in [7, 11) is 1.73. The molecular formula is C12H9F2N4S-. The lowest BCUT2D eigenvalue weighted by molar-refractivity contribution is 0.145. The van der Waals surface area contributed by atoms with Crippen LogP contribution < -0.4 is 0 Å². The first-order valence-corrected chi connectivity index (χ1v) is 5.75. The van der Waals surface area contributed by atoms with Crippen LogP contribution in [0.25, 0.3) is 11.1 Å². The fourth-order valence-corrected chi connectivity index (χ4v) is 2.00. The zero-order chi connectivity index (χ0) is 14.2. The molecule has 0 fully saturated rings. The summed E-state index contributed by atoms with van der Waals surface area (Å²) in [6.45, 7) is 1.79. The molecule has 0 saturated carbocycles. The van der Waals surface area contributed by atoms with Crippen LogP contribution in [0.5, 0.6) is 0 Å². The average Bonchev–Trinajstić information content (AvgIpc) is 2.69. The maximum Gasteiger partial charge on any atom is 0.280 e. The molecule has 0 saturated heterocycles. The summed E-state index contributed by atoms with van der Waals surface area (Å²) in [5, 5.41) is 13.0. The Bertz CT molecular complexity index is 673. The van der Waals surface area contributed by atoms with Crippen LogP contribution in [0, 0.1) is 18.3 Å². The lowest BCUT2D eigenvalue weighted by Gasteiger charge is -2.14. The van der Waals surface area contributed by atoms with Crippen molar-refractivity contribution in [2.75, 3.05) is 0 Å². The molecule has 0 N–H and O–H groups in total. The second-order valence-electron chi connectivity index (χ2n) is 3.95. The van der Waals surface area contributed by atoms with Gasteiger partial charge in [0.15, 0.2) is 0 Å². The summed E-state index contributed by atoms with van der Waals surface area (Å²) >= 11 is 4.90. The molecule has 98 valence electrons. The van der Waals surface area contributed by atoms with E-state index in [1.165, 1.54) is 12.3 Å². The van der Waals surface area contributed by atoms with Crippen molar-refractivity contribution in [3.8, 4) is 17.2 Å². The van der Waals surface area contributed by atoms with Crippen LogP contribution in [0.15, 0.2) is 17.3 Å². The minimum atomic E-state index is -2.73. The lowest BCUT2D eigenvalue weighted by atomic mass is 10.0. The van der Waals surface area contributed by atoms with Crippen LogP contribution >= 0.6 is 0 Å². The smallest absolute Gasteiger partial charge is 0.280 e. The molecule has 0 unspecified atom stereocenters. The molecular weight excluding hydrogens is 270 g/mol. The molecule has 0 spiro atoms. The number of aryl methyl sites for hydroxylation is 1. The Balaban J connectivity index is 2.74. The molecule has 2 heterocycles. The van der Waals surface area contributed by atoms with Gasteiger partial charge in [-0.3, -0.25) is 9.67 Å². The summed E-state index contributed by atoms with van der Waals surface area (Å²) in [5.74, 6) is 0. The van der Waals surface area contributed by atoms with Gasteiger partial charge in [0, 0.05) is 23.9 Å². The predicted molar refractivity (Wildman–Crippen MR) is 66.5 cm³/mol. The van der Waals surface area contributed by atoms with Crippen molar-refractivity contribution in [2.24, 2.45) is 7.05 Å². The van der Waals surface area contributed by atoms with Gasteiger partial charge in [0.2, 0.25) is 0 Å². The number of nitriles is 1. The van der Waals surface area contributed by atoms with E-state index < -0.39 is 12.1 Å². The number of hydrogen-bond donors (Lipinski definition) is 0. The third-order valence-electron chi connectivity index (χ3n) is 2.87. The van der Waals surface area contributed by atoms with Crippen LogP contribution in [0.3, 0.4) is 0 Å². The maximum absolute atomic E-state index is 12.8. The fraction of sp³-hybridized carbons (Fsp3) is 0.250. The molecule has 0 bridgehead atoms. The molecule has 0 aliphatic rings. The number of halogens is 2. The average molecular weight is 279 g/mol. The van der Waals surface area contributed by atoms with Gasteiger partial charge in [-0.1, -0.05) is 5.03 Å². The van der Waals surface area contributed by atoms with Gasteiger partial charge in [0.05, 0.1) is 17.8 Å². The number of pyridine rings is 1. The number of hydrogen-bond acceptors (Lipinski definition) is 4. The van der Waals surface area contributed by atoms with E-state index in [4.69, 9.17) is 17.9 Å². The molecule has 0 amide bonds. The van der Waals surface area contributed by atoms with Gasteiger partial charge in [0.1, 0.15) is 5.69 Å². The first-order chi connectivity index (χ1) is 8.95. The summed E-state index contributed by atoms with van der Waals surface area (Å²) in [5.41, 5.74) is 1.41. The molecule has 2 rings (SSSR count). The largest absolute Gasteiger partial charge is 0.759 e. The fourth-order valence-electron chi connectivity index (χ4n) is 1.74.